The maximum atomic E-state index is 8.46. The van der Waals surface area contributed by atoms with Gasteiger partial charge < -0.3 is 9.84 Å². The Morgan fingerprint density at radius 1 is 1.60 bits per heavy atom. The third kappa shape index (κ3) is 5.09. The van der Waals surface area contributed by atoms with Crippen LogP contribution >= 0.6 is 11.8 Å². The van der Waals surface area contributed by atoms with Crippen LogP contribution in [0.1, 0.15) is 13.3 Å². The molecule has 0 heterocycles. The minimum atomic E-state index is 0.269. The first-order valence-corrected chi connectivity index (χ1v) is 4.72. The highest BCUT2D eigenvalue weighted by atomic mass is 32.2. The minimum absolute atomic E-state index is 0.269. The molecule has 0 radical (unpaired) electrons. The molecular formula is C7H16O2S. The molecule has 0 aromatic carbocycles. The van der Waals surface area contributed by atoms with Gasteiger partial charge in [-0.05, 0) is 6.42 Å². The molecule has 0 saturated carbocycles. The summed E-state index contributed by atoms with van der Waals surface area (Å²) >= 11 is 1.74. The quantitative estimate of drug-likeness (QED) is 0.597. The molecule has 0 spiro atoms. The fourth-order valence-electron chi connectivity index (χ4n) is 0.632. The highest BCUT2D eigenvalue weighted by Crippen LogP contribution is 2.06. The molecular weight excluding hydrogens is 148 g/mol. The number of aliphatic hydroxyl groups is 1. The van der Waals surface area contributed by atoms with Crippen LogP contribution in [0.5, 0.6) is 0 Å². The molecule has 2 nitrogen and oxygen atoms in total. The van der Waals surface area contributed by atoms with E-state index in [0.29, 0.717) is 6.10 Å². The van der Waals surface area contributed by atoms with Crippen LogP contribution in [0.4, 0.5) is 0 Å². The Morgan fingerprint density at radius 3 is 2.70 bits per heavy atom. The van der Waals surface area contributed by atoms with E-state index in [0.717, 1.165) is 17.9 Å². The number of aliphatic hydroxyl groups excluding tert-OH is 1. The Bertz CT molecular complexity index is 64.6. The Labute approximate surface area is 67.0 Å². The lowest BCUT2D eigenvalue weighted by atomic mass is 10.3. The lowest BCUT2D eigenvalue weighted by Crippen LogP contribution is -2.12. The van der Waals surface area contributed by atoms with Gasteiger partial charge in [-0.2, -0.15) is 11.8 Å². The largest absolute Gasteiger partial charge is 0.396 e. The molecule has 1 unspecified atom stereocenters. The first-order chi connectivity index (χ1) is 4.85. The van der Waals surface area contributed by atoms with Crippen LogP contribution < -0.4 is 0 Å². The molecule has 0 saturated heterocycles. The van der Waals surface area contributed by atoms with Gasteiger partial charge in [0, 0.05) is 18.6 Å². The zero-order chi connectivity index (χ0) is 7.82. The second kappa shape index (κ2) is 7.38. The monoisotopic (exact) mass is 164 g/mol. The smallest absolute Gasteiger partial charge is 0.0659 e. The normalized spacial score (nSPS) is 13.5. The molecule has 0 aliphatic heterocycles. The van der Waals surface area contributed by atoms with Crippen molar-refractivity contribution in [3.05, 3.63) is 0 Å². The average Bonchev–Trinajstić information content (AvgIpc) is 1.99. The summed E-state index contributed by atoms with van der Waals surface area (Å²) < 4.78 is 5.14. The third-order valence-corrected chi connectivity index (χ3v) is 2.41. The second-order valence-corrected chi connectivity index (χ2v) is 3.21. The number of ether oxygens (including phenoxy) is 1. The van der Waals surface area contributed by atoms with E-state index in [-0.39, 0.29) is 6.61 Å². The van der Waals surface area contributed by atoms with E-state index in [9.17, 15) is 0 Å². The lowest BCUT2D eigenvalue weighted by Gasteiger charge is -2.10. The fraction of sp³-hybridized carbons (Fsp3) is 1.00. The van der Waals surface area contributed by atoms with Crippen molar-refractivity contribution in [3.8, 4) is 0 Å². The molecule has 1 atom stereocenters. The van der Waals surface area contributed by atoms with Gasteiger partial charge in [-0.1, -0.05) is 6.92 Å². The van der Waals surface area contributed by atoms with Crippen LogP contribution in [0.3, 0.4) is 0 Å². The van der Waals surface area contributed by atoms with Gasteiger partial charge in [-0.3, -0.25) is 0 Å². The summed E-state index contributed by atoms with van der Waals surface area (Å²) in [7, 11) is 1.73. The van der Waals surface area contributed by atoms with Crippen molar-refractivity contribution < 1.29 is 9.84 Å². The van der Waals surface area contributed by atoms with E-state index < -0.39 is 0 Å². The molecule has 0 fully saturated rings. The molecule has 0 bridgehead atoms. The standard InChI is InChI=1S/C7H16O2S/c1-3-7(9-2)6-10-5-4-8/h7-8H,3-6H2,1-2H3. The molecule has 0 rings (SSSR count). The van der Waals surface area contributed by atoms with E-state index in [4.69, 9.17) is 9.84 Å². The molecule has 0 aromatic heterocycles. The van der Waals surface area contributed by atoms with Crippen molar-refractivity contribution >= 4 is 11.8 Å². The molecule has 1 N–H and O–H groups in total. The number of hydrogen-bond donors (Lipinski definition) is 1. The van der Waals surface area contributed by atoms with Crippen LogP contribution in [0, 0.1) is 0 Å². The van der Waals surface area contributed by atoms with Gasteiger partial charge >= 0.3 is 0 Å². The van der Waals surface area contributed by atoms with Gasteiger partial charge in [0.15, 0.2) is 0 Å². The zero-order valence-electron chi connectivity index (χ0n) is 6.67. The minimum Gasteiger partial charge on any atom is -0.396 e. The molecule has 62 valence electrons. The molecule has 3 heteroatoms. The summed E-state index contributed by atoms with van der Waals surface area (Å²) in [6.07, 6.45) is 1.41. The van der Waals surface area contributed by atoms with Crippen molar-refractivity contribution in [3.63, 3.8) is 0 Å². The van der Waals surface area contributed by atoms with E-state index in [2.05, 4.69) is 6.92 Å². The van der Waals surface area contributed by atoms with Gasteiger partial charge in [0.25, 0.3) is 0 Å². The lowest BCUT2D eigenvalue weighted by molar-refractivity contribution is 0.119. The van der Waals surface area contributed by atoms with E-state index >= 15 is 0 Å². The van der Waals surface area contributed by atoms with Gasteiger partial charge in [0.05, 0.1) is 12.7 Å². The van der Waals surface area contributed by atoms with E-state index in [1.54, 1.807) is 18.9 Å². The number of rotatable bonds is 6. The van der Waals surface area contributed by atoms with Gasteiger partial charge in [-0.25, -0.2) is 0 Å². The van der Waals surface area contributed by atoms with E-state index in [1.807, 2.05) is 0 Å². The molecule has 0 amide bonds. The van der Waals surface area contributed by atoms with Crippen LogP contribution in [-0.2, 0) is 4.74 Å². The van der Waals surface area contributed by atoms with E-state index in [1.165, 1.54) is 0 Å². The Kier molecular flexibility index (Phi) is 7.58. The number of hydrogen-bond acceptors (Lipinski definition) is 3. The maximum Gasteiger partial charge on any atom is 0.0659 e. The van der Waals surface area contributed by atoms with Crippen molar-refractivity contribution in [1.29, 1.82) is 0 Å². The average molecular weight is 164 g/mol. The van der Waals surface area contributed by atoms with Crippen LogP contribution in [0.2, 0.25) is 0 Å². The summed E-state index contributed by atoms with van der Waals surface area (Å²) in [4.78, 5) is 0. The van der Waals surface area contributed by atoms with Crippen molar-refractivity contribution in [2.45, 2.75) is 19.4 Å². The van der Waals surface area contributed by atoms with Gasteiger partial charge in [-0.15, -0.1) is 0 Å². The second-order valence-electron chi connectivity index (χ2n) is 2.06. The highest BCUT2D eigenvalue weighted by molar-refractivity contribution is 7.99. The maximum absolute atomic E-state index is 8.46. The highest BCUT2D eigenvalue weighted by Gasteiger charge is 2.02. The van der Waals surface area contributed by atoms with Gasteiger partial charge in [0.2, 0.25) is 0 Å². The fourth-order valence-corrected chi connectivity index (χ4v) is 1.56. The molecule has 0 aliphatic carbocycles. The first-order valence-electron chi connectivity index (χ1n) is 3.56. The molecule has 0 aliphatic rings. The van der Waals surface area contributed by atoms with Crippen molar-refractivity contribution in [1.82, 2.24) is 0 Å². The number of thioether (sulfide) groups is 1. The predicted molar refractivity (Wildman–Crippen MR) is 45.5 cm³/mol. The number of methoxy groups -OCH3 is 1. The summed E-state index contributed by atoms with van der Waals surface area (Å²) in [5.74, 6) is 1.81. The SMILES string of the molecule is CCC(CSCCO)OC. The third-order valence-electron chi connectivity index (χ3n) is 1.33. The van der Waals surface area contributed by atoms with Crippen molar-refractivity contribution in [2.24, 2.45) is 0 Å². The van der Waals surface area contributed by atoms with Crippen LogP contribution in [0.15, 0.2) is 0 Å². The topological polar surface area (TPSA) is 29.5 Å². The van der Waals surface area contributed by atoms with Crippen LogP contribution in [-0.4, -0.2) is 36.4 Å². The molecule has 10 heavy (non-hydrogen) atoms. The summed E-state index contributed by atoms with van der Waals surface area (Å²) in [5, 5.41) is 8.46. The van der Waals surface area contributed by atoms with Crippen molar-refractivity contribution in [2.75, 3.05) is 25.2 Å². The summed E-state index contributed by atoms with van der Waals surface area (Å²) in [6, 6.07) is 0. The Hall–Kier alpha value is 0.270. The van der Waals surface area contributed by atoms with Crippen LogP contribution in [0.25, 0.3) is 0 Å². The summed E-state index contributed by atoms with van der Waals surface area (Å²) in [6.45, 7) is 2.37. The summed E-state index contributed by atoms with van der Waals surface area (Å²) in [5.41, 5.74) is 0. The predicted octanol–water partition coefficient (Wildman–Crippen LogP) is 1.14. The van der Waals surface area contributed by atoms with Gasteiger partial charge in [0.1, 0.15) is 0 Å². The first kappa shape index (κ1) is 10.3. The Balaban J connectivity index is 3.09. The molecule has 0 aromatic rings. The Morgan fingerprint density at radius 2 is 2.30 bits per heavy atom. The zero-order valence-corrected chi connectivity index (χ0v) is 7.49.